The number of benzene rings is 1. The third-order valence-corrected chi connectivity index (χ3v) is 6.23. The minimum Gasteiger partial charge on any atom is -0.496 e. The number of hydrogen-bond acceptors (Lipinski definition) is 4. The van der Waals surface area contributed by atoms with Crippen LogP contribution in [0.5, 0.6) is 5.75 Å². The van der Waals surface area contributed by atoms with Gasteiger partial charge in [-0.3, -0.25) is 9.69 Å². The molecule has 1 aromatic rings. The molecule has 1 amide bonds. The molecule has 0 unspecified atom stereocenters. The van der Waals surface area contributed by atoms with Gasteiger partial charge >= 0.3 is 0 Å². The number of nitrogens with zero attached hydrogens (tertiary/aromatic N) is 2. The Kier molecular flexibility index (Phi) is 10.7. The zero-order valence-electron chi connectivity index (χ0n) is 17.2. The molecule has 5 nitrogen and oxygen atoms in total. The van der Waals surface area contributed by atoms with Crippen LogP contribution < -0.4 is 10.5 Å². The van der Waals surface area contributed by atoms with Crippen LogP contribution in [-0.2, 0) is 11.3 Å². The second-order valence-corrected chi connectivity index (χ2v) is 8.05. The first-order valence-electron chi connectivity index (χ1n) is 10.1. The van der Waals surface area contributed by atoms with Crippen LogP contribution in [0.4, 0.5) is 4.39 Å². The van der Waals surface area contributed by atoms with Gasteiger partial charge in [0.15, 0.2) is 0 Å². The lowest BCUT2D eigenvalue weighted by Gasteiger charge is -2.39. The molecule has 1 saturated carbocycles. The number of rotatable bonds is 6. The van der Waals surface area contributed by atoms with Crippen LogP contribution in [0.1, 0.15) is 44.1 Å². The molecule has 2 N–H and O–H groups in total. The summed E-state index contributed by atoms with van der Waals surface area (Å²) in [5.41, 5.74) is 6.91. The van der Waals surface area contributed by atoms with Crippen molar-refractivity contribution in [2.45, 2.75) is 45.1 Å². The quantitative estimate of drug-likeness (QED) is 0.720. The fourth-order valence-corrected chi connectivity index (χ4v) is 4.45. The summed E-state index contributed by atoms with van der Waals surface area (Å²) >= 11 is 0. The van der Waals surface area contributed by atoms with Gasteiger partial charge in [0, 0.05) is 44.7 Å². The van der Waals surface area contributed by atoms with Crippen molar-refractivity contribution in [2.75, 3.05) is 39.8 Å². The second-order valence-electron chi connectivity index (χ2n) is 8.05. The zero-order chi connectivity index (χ0) is 19.3. The second kappa shape index (κ2) is 11.9. The first kappa shape index (κ1) is 26.0. The van der Waals surface area contributed by atoms with E-state index < -0.39 is 0 Å². The van der Waals surface area contributed by atoms with E-state index in [1.165, 1.54) is 31.4 Å². The van der Waals surface area contributed by atoms with E-state index in [1.54, 1.807) is 13.2 Å². The molecule has 1 aromatic carbocycles. The van der Waals surface area contributed by atoms with Crippen molar-refractivity contribution >= 4 is 30.7 Å². The lowest BCUT2D eigenvalue weighted by molar-refractivity contribution is -0.136. The summed E-state index contributed by atoms with van der Waals surface area (Å²) in [6.45, 7) is 4.27. The Balaban J connectivity index is 0.00000210. The first-order valence-corrected chi connectivity index (χ1v) is 10.1. The largest absolute Gasteiger partial charge is 0.496 e. The van der Waals surface area contributed by atoms with E-state index in [2.05, 4.69) is 4.90 Å². The Morgan fingerprint density at radius 3 is 2.38 bits per heavy atom. The van der Waals surface area contributed by atoms with Gasteiger partial charge in [-0.1, -0.05) is 19.3 Å². The van der Waals surface area contributed by atoms with Crippen molar-refractivity contribution < 1.29 is 13.9 Å². The number of piperazine rings is 1. The highest BCUT2D eigenvalue weighted by molar-refractivity contribution is 5.85. The number of carbonyl (C=O) groups excluding carboxylic acids is 1. The first-order chi connectivity index (χ1) is 13.0. The number of nitrogens with two attached hydrogens (primary N) is 1. The average Bonchev–Trinajstić information content (AvgIpc) is 2.69. The molecule has 0 bridgehead atoms. The molecule has 0 atom stereocenters. The van der Waals surface area contributed by atoms with Gasteiger partial charge in [-0.25, -0.2) is 4.39 Å². The van der Waals surface area contributed by atoms with Gasteiger partial charge in [0.05, 0.1) is 7.11 Å². The van der Waals surface area contributed by atoms with E-state index >= 15 is 0 Å². The van der Waals surface area contributed by atoms with Crippen molar-refractivity contribution in [1.82, 2.24) is 9.80 Å². The number of methoxy groups -OCH3 is 1. The summed E-state index contributed by atoms with van der Waals surface area (Å²) < 4.78 is 18.9. The smallest absolute Gasteiger partial charge is 0.223 e. The molecule has 8 heteroatoms. The molecule has 0 aromatic heterocycles. The van der Waals surface area contributed by atoms with Gasteiger partial charge in [-0.15, -0.1) is 24.8 Å². The molecule has 2 fully saturated rings. The van der Waals surface area contributed by atoms with Crippen LogP contribution >= 0.6 is 24.8 Å². The maximum Gasteiger partial charge on any atom is 0.223 e. The van der Waals surface area contributed by atoms with E-state index in [0.29, 0.717) is 25.3 Å². The number of carbonyl (C=O) groups is 1. The van der Waals surface area contributed by atoms with E-state index in [4.69, 9.17) is 10.5 Å². The third-order valence-electron chi connectivity index (χ3n) is 6.23. The van der Waals surface area contributed by atoms with Crippen LogP contribution in [0.25, 0.3) is 0 Å². The van der Waals surface area contributed by atoms with Crippen LogP contribution in [-0.4, -0.2) is 55.5 Å². The highest BCUT2D eigenvalue weighted by atomic mass is 35.5. The van der Waals surface area contributed by atoms with Gasteiger partial charge < -0.3 is 15.4 Å². The summed E-state index contributed by atoms with van der Waals surface area (Å²) in [6.07, 6.45) is 6.38. The molecule has 29 heavy (non-hydrogen) atoms. The Hall–Kier alpha value is -1.08. The number of halogens is 3. The predicted molar refractivity (Wildman–Crippen MR) is 118 cm³/mol. The maximum atomic E-state index is 13.6. The standard InChI is InChI=1S/C21H32FN3O2.2ClH/c1-27-19-6-5-18(22)13-17(19)15-24-9-11-25(12-10-24)20(26)14-21(16-23)7-3-2-4-8-21;;/h5-6,13H,2-4,7-12,14-16,23H2,1H3;2*1H. The maximum absolute atomic E-state index is 13.6. The molecule has 1 aliphatic carbocycles. The monoisotopic (exact) mass is 449 g/mol. The van der Waals surface area contributed by atoms with Crippen LogP contribution in [0.15, 0.2) is 18.2 Å². The molecule has 2 aliphatic rings. The van der Waals surface area contributed by atoms with Crippen LogP contribution in [0, 0.1) is 11.2 Å². The molecular weight excluding hydrogens is 416 g/mol. The van der Waals surface area contributed by atoms with E-state index in [9.17, 15) is 9.18 Å². The normalized spacial score (nSPS) is 19.1. The number of hydrogen-bond donors (Lipinski definition) is 1. The molecule has 166 valence electrons. The number of ether oxygens (including phenoxy) is 1. The minimum atomic E-state index is -0.251. The summed E-state index contributed by atoms with van der Waals surface area (Å²) in [5, 5.41) is 0. The molecule has 0 spiro atoms. The van der Waals surface area contributed by atoms with Crippen molar-refractivity contribution in [3.05, 3.63) is 29.6 Å². The summed E-state index contributed by atoms with van der Waals surface area (Å²) in [4.78, 5) is 17.1. The topological polar surface area (TPSA) is 58.8 Å². The number of amides is 1. The van der Waals surface area contributed by atoms with Crippen molar-refractivity contribution in [3.8, 4) is 5.75 Å². The Bertz CT molecular complexity index is 649. The molecule has 1 aliphatic heterocycles. The summed E-state index contributed by atoms with van der Waals surface area (Å²) in [6, 6.07) is 4.61. The van der Waals surface area contributed by atoms with Crippen molar-refractivity contribution in [3.63, 3.8) is 0 Å². The van der Waals surface area contributed by atoms with Gasteiger partial charge in [0.25, 0.3) is 0 Å². The fourth-order valence-electron chi connectivity index (χ4n) is 4.45. The highest BCUT2D eigenvalue weighted by Crippen LogP contribution is 2.38. The van der Waals surface area contributed by atoms with Gasteiger partial charge in [-0.2, -0.15) is 0 Å². The minimum absolute atomic E-state index is 0. The van der Waals surface area contributed by atoms with E-state index in [0.717, 1.165) is 44.6 Å². The Morgan fingerprint density at radius 2 is 1.79 bits per heavy atom. The van der Waals surface area contributed by atoms with Crippen molar-refractivity contribution in [2.24, 2.45) is 11.1 Å². The molecule has 1 heterocycles. The van der Waals surface area contributed by atoms with Crippen LogP contribution in [0.2, 0.25) is 0 Å². The van der Waals surface area contributed by atoms with E-state index in [-0.39, 0.29) is 42.0 Å². The highest BCUT2D eigenvalue weighted by Gasteiger charge is 2.35. The summed E-state index contributed by atoms with van der Waals surface area (Å²) in [7, 11) is 1.60. The Labute approximate surface area is 186 Å². The molecular formula is C21H34Cl2FN3O2. The predicted octanol–water partition coefficient (Wildman–Crippen LogP) is 3.62. The van der Waals surface area contributed by atoms with E-state index in [1.807, 2.05) is 4.90 Å². The van der Waals surface area contributed by atoms with Crippen molar-refractivity contribution in [1.29, 1.82) is 0 Å². The Morgan fingerprint density at radius 1 is 1.14 bits per heavy atom. The summed E-state index contributed by atoms with van der Waals surface area (Å²) in [5.74, 6) is 0.696. The fraction of sp³-hybridized carbons (Fsp3) is 0.667. The average molecular weight is 450 g/mol. The lowest BCUT2D eigenvalue weighted by atomic mass is 9.71. The van der Waals surface area contributed by atoms with Gasteiger partial charge in [-0.05, 0) is 43.0 Å². The molecule has 1 saturated heterocycles. The van der Waals surface area contributed by atoms with Gasteiger partial charge in [0.1, 0.15) is 11.6 Å². The third kappa shape index (κ3) is 6.71. The van der Waals surface area contributed by atoms with Gasteiger partial charge in [0.2, 0.25) is 5.91 Å². The van der Waals surface area contributed by atoms with Crippen LogP contribution in [0.3, 0.4) is 0 Å². The molecule has 0 radical (unpaired) electrons. The zero-order valence-corrected chi connectivity index (χ0v) is 18.8. The lowest BCUT2D eigenvalue weighted by Crippen LogP contribution is -2.50. The molecule has 3 rings (SSSR count). The SMILES string of the molecule is COc1ccc(F)cc1CN1CCN(C(=O)CC2(CN)CCCCC2)CC1.Cl.Cl.